The first-order valence-corrected chi connectivity index (χ1v) is 9.32. The summed E-state index contributed by atoms with van der Waals surface area (Å²) in [6.45, 7) is 1.95. The summed E-state index contributed by atoms with van der Waals surface area (Å²) in [5.41, 5.74) is 2.43. The zero-order chi connectivity index (χ0) is 19.2. The van der Waals surface area contributed by atoms with Gasteiger partial charge in [-0.1, -0.05) is 36.4 Å². The van der Waals surface area contributed by atoms with Crippen LogP contribution in [0.3, 0.4) is 0 Å². The smallest absolute Gasteiger partial charge is 0.252 e. The highest BCUT2D eigenvalue weighted by Gasteiger charge is 2.26. The molecule has 0 radical (unpaired) electrons. The average molecular weight is 380 g/mol. The van der Waals surface area contributed by atoms with E-state index in [0.29, 0.717) is 16.5 Å². The van der Waals surface area contributed by atoms with Crippen LogP contribution in [0.1, 0.15) is 16.4 Å². The number of carbonyl (C=O) groups is 1. The van der Waals surface area contributed by atoms with E-state index < -0.39 is 5.25 Å². The molecule has 0 bridgehead atoms. The van der Waals surface area contributed by atoms with Crippen LogP contribution in [0.4, 0.5) is 5.69 Å². The second-order valence-corrected chi connectivity index (χ2v) is 7.09. The summed E-state index contributed by atoms with van der Waals surface area (Å²) in [5, 5.41) is 14.9. The number of aryl methyl sites for hydroxylation is 1. The number of benzene rings is 2. The maximum absolute atomic E-state index is 13.1. The number of methoxy groups -OCH3 is 1. The van der Waals surface area contributed by atoms with Gasteiger partial charge in [-0.25, -0.2) is 0 Å². The fraction of sp³-hybridized carbons (Fsp3) is 0.143. The summed E-state index contributed by atoms with van der Waals surface area (Å²) in [6.07, 6.45) is 1.42. The second-order valence-electron chi connectivity index (χ2n) is 5.97. The number of thioether (sulfide) groups is 1. The molecule has 0 fully saturated rings. The van der Waals surface area contributed by atoms with Crippen LogP contribution in [0.5, 0.6) is 5.75 Å². The predicted molar refractivity (Wildman–Crippen MR) is 107 cm³/mol. The van der Waals surface area contributed by atoms with Gasteiger partial charge in [0.1, 0.15) is 11.0 Å². The average Bonchev–Trinajstić information content (AvgIpc) is 2.68. The Hall–Kier alpha value is -2.99. The number of amides is 1. The van der Waals surface area contributed by atoms with Gasteiger partial charge in [0.2, 0.25) is 5.91 Å². The number of pyridine rings is 1. The van der Waals surface area contributed by atoms with E-state index in [9.17, 15) is 10.0 Å². The lowest BCUT2D eigenvalue weighted by Gasteiger charge is -2.18. The van der Waals surface area contributed by atoms with E-state index in [4.69, 9.17) is 4.74 Å². The molecule has 0 spiro atoms. The summed E-state index contributed by atoms with van der Waals surface area (Å²) < 4.78 is 6.11. The van der Waals surface area contributed by atoms with Crippen LogP contribution in [0.2, 0.25) is 0 Å². The SMILES string of the molecule is COc1ccc(C)cc1NC(=O)C(Sc1cccc[n+]1[O-])c1ccccc1. The Balaban J connectivity index is 1.92. The molecule has 1 N–H and O–H groups in total. The van der Waals surface area contributed by atoms with Gasteiger partial charge in [-0.05, 0) is 48.0 Å². The van der Waals surface area contributed by atoms with Gasteiger partial charge >= 0.3 is 0 Å². The Morgan fingerprint density at radius 3 is 2.56 bits per heavy atom. The third-order valence-electron chi connectivity index (χ3n) is 3.98. The molecule has 6 heteroatoms. The number of rotatable bonds is 6. The summed E-state index contributed by atoms with van der Waals surface area (Å²) in [5.74, 6) is 0.364. The van der Waals surface area contributed by atoms with Crippen LogP contribution < -0.4 is 14.8 Å². The standard InChI is InChI=1S/C21H20N2O3S/c1-15-11-12-18(26-2)17(14-15)22-21(24)20(16-8-4-3-5-9-16)27-19-10-6-7-13-23(19)25/h3-14,20H,1-2H3,(H,22,24). The molecule has 0 saturated heterocycles. The van der Waals surface area contributed by atoms with Crippen molar-refractivity contribution in [2.24, 2.45) is 0 Å². The number of carbonyl (C=O) groups excluding carboxylic acids is 1. The molecule has 0 aliphatic heterocycles. The molecule has 27 heavy (non-hydrogen) atoms. The van der Waals surface area contributed by atoms with Gasteiger partial charge in [0.15, 0.2) is 6.20 Å². The highest BCUT2D eigenvalue weighted by molar-refractivity contribution is 8.00. The van der Waals surface area contributed by atoms with E-state index in [1.54, 1.807) is 25.3 Å². The number of hydrogen-bond donors (Lipinski definition) is 1. The molecular formula is C21H20N2O3S. The lowest BCUT2D eigenvalue weighted by Crippen LogP contribution is -2.29. The molecule has 1 amide bonds. The predicted octanol–water partition coefficient (Wildman–Crippen LogP) is 4.11. The van der Waals surface area contributed by atoms with E-state index in [1.807, 2.05) is 55.5 Å². The minimum Gasteiger partial charge on any atom is -0.618 e. The number of nitrogens with zero attached hydrogens (tertiary/aromatic N) is 1. The Morgan fingerprint density at radius 2 is 1.85 bits per heavy atom. The normalized spacial score (nSPS) is 11.6. The topological polar surface area (TPSA) is 65.3 Å². The molecule has 0 saturated carbocycles. The first-order chi connectivity index (χ1) is 13.1. The van der Waals surface area contributed by atoms with Crippen LogP contribution in [-0.4, -0.2) is 13.0 Å². The third-order valence-corrected chi connectivity index (χ3v) is 5.26. The molecule has 1 heterocycles. The maximum Gasteiger partial charge on any atom is 0.252 e. The van der Waals surface area contributed by atoms with Crippen molar-refractivity contribution < 1.29 is 14.3 Å². The molecule has 1 unspecified atom stereocenters. The Bertz CT molecular complexity index is 932. The van der Waals surface area contributed by atoms with E-state index in [2.05, 4.69) is 5.32 Å². The number of hydrogen-bond acceptors (Lipinski definition) is 4. The fourth-order valence-electron chi connectivity index (χ4n) is 2.64. The number of nitrogens with one attached hydrogen (secondary N) is 1. The number of aromatic nitrogens is 1. The second kappa shape index (κ2) is 8.60. The molecule has 3 rings (SSSR count). The highest BCUT2D eigenvalue weighted by Crippen LogP contribution is 2.35. The van der Waals surface area contributed by atoms with Crippen molar-refractivity contribution >= 4 is 23.4 Å². The molecule has 3 aromatic rings. The molecule has 0 aliphatic rings. The Labute approximate surface area is 162 Å². The Kier molecular flexibility index (Phi) is 5.98. The first-order valence-electron chi connectivity index (χ1n) is 8.44. The molecule has 2 aromatic carbocycles. The van der Waals surface area contributed by atoms with Crippen molar-refractivity contribution in [3.63, 3.8) is 0 Å². The quantitative estimate of drug-likeness (QED) is 0.397. The van der Waals surface area contributed by atoms with Crippen LogP contribution in [0.15, 0.2) is 78.0 Å². The van der Waals surface area contributed by atoms with Crippen LogP contribution >= 0.6 is 11.8 Å². The largest absolute Gasteiger partial charge is 0.618 e. The molecule has 5 nitrogen and oxygen atoms in total. The van der Waals surface area contributed by atoms with Crippen molar-refractivity contribution in [3.8, 4) is 5.75 Å². The minimum atomic E-state index is -0.584. The van der Waals surface area contributed by atoms with Crippen molar-refractivity contribution in [3.05, 3.63) is 89.3 Å². The van der Waals surface area contributed by atoms with Gasteiger partial charge in [0, 0.05) is 12.1 Å². The van der Waals surface area contributed by atoms with Crippen LogP contribution in [-0.2, 0) is 4.79 Å². The van der Waals surface area contributed by atoms with Gasteiger partial charge in [0.25, 0.3) is 5.03 Å². The van der Waals surface area contributed by atoms with Crippen molar-refractivity contribution in [1.82, 2.24) is 0 Å². The molecule has 1 aromatic heterocycles. The summed E-state index contributed by atoms with van der Waals surface area (Å²) in [6, 6.07) is 20.1. The number of anilines is 1. The van der Waals surface area contributed by atoms with Gasteiger partial charge < -0.3 is 15.3 Å². The zero-order valence-corrected chi connectivity index (χ0v) is 15.9. The highest BCUT2D eigenvalue weighted by atomic mass is 32.2. The van der Waals surface area contributed by atoms with Gasteiger partial charge in [-0.2, -0.15) is 4.73 Å². The van der Waals surface area contributed by atoms with E-state index in [-0.39, 0.29) is 5.91 Å². The van der Waals surface area contributed by atoms with Crippen LogP contribution in [0, 0.1) is 12.1 Å². The molecule has 0 aliphatic carbocycles. The van der Waals surface area contributed by atoms with Gasteiger partial charge in [-0.15, -0.1) is 0 Å². The lowest BCUT2D eigenvalue weighted by atomic mass is 10.1. The Morgan fingerprint density at radius 1 is 1.11 bits per heavy atom. The number of ether oxygens (including phenoxy) is 1. The third kappa shape index (κ3) is 4.60. The monoisotopic (exact) mass is 380 g/mol. The van der Waals surface area contributed by atoms with Crippen molar-refractivity contribution in [2.75, 3.05) is 12.4 Å². The molecule has 138 valence electrons. The van der Waals surface area contributed by atoms with Gasteiger partial charge in [-0.3, -0.25) is 4.79 Å². The fourth-order valence-corrected chi connectivity index (χ4v) is 3.67. The van der Waals surface area contributed by atoms with Gasteiger partial charge in [0.05, 0.1) is 12.8 Å². The molecule has 1 atom stereocenters. The van der Waals surface area contributed by atoms with Crippen molar-refractivity contribution in [1.29, 1.82) is 0 Å². The van der Waals surface area contributed by atoms with Crippen LogP contribution in [0.25, 0.3) is 0 Å². The molecular weight excluding hydrogens is 360 g/mol. The summed E-state index contributed by atoms with van der Waals surface area (Å²) in [4.78, 5) is 13.1. The minimum absolute atomic E-state index is 0.223. The van der Waals surface area contributed by atoms with Crippen molar-refractivity contribution in [2.45, 2.75) is 17.2 Å². The summed E-state index contributed by atoms with van der Waals surface area (Å²) >= 11 is 1.21. The van der Waals surface area contributed by atoms with E-state index in [1.165, 1.54) is 18.0 Å². The lowest BCUT2D eigenvalue weighted by molar-refractivity contribution is -0.645. The first kappa shape index (κ1) is 18.8. The summed E-state index contributed by atoms with van der Waals surface area (Å²) in [7, 11) is 1.56. The maximum atomic E-state index is 13.1. The van der Waals surface area contributed by atoms with E-state index >= 15 is 0 Å². The van der Waals surface area contributed by atoms with E-state index in [0.717, 1.165) is 15.9 Å². The zero-order valence-electron chi connectivity index (χ0n) is 15.1.